The number of nitrogens with one attached hydrogen (secondary N) is 1. The Hall–Kier alpha value is 0.310. The second-order valence-corrected chi connectivity index (χ2v) is 4.95. The standard InChI is InChI=1S/C10H21NS/c1-2-12-8-4-6-10-5-3-7-11-9-10/h10-11H,2-9H2,1H3. The van der Waals surface area contributed by atoms with Crippen LogP contribution in [0.1, 0.15) is 32.6 Å². The number of thioether (sulfide) groups is 1. The van der Waals surface area contributed by atoms with E-state index in [0.29, 0.717) is 0 Å². The molecule has 1 heterocycles. The fourth-order valence-corrected chi connectivity index (χ4v) is 2.45. The van der Waals surface area contributed by atoms with Gasteiger partial charge in [-0.2, -0.15) is 11.8 Å². The van der Waals surface area contributed by atoms with Gasteiger partial charge < -0.3 is 5.32 Å². The van der Waals surface area contributed by atoms with Crippen molar-refractivity contribution in [3.05, 3.63) is 0 Å². The van der Waals surface area contributed by atoms with E-state index in [2.05, 4.69) is 24.0 Å². The van der Waals surface area contributed by atoms with Gasteiger partial charge in [-0.15, -0.1) is 0 Å². The molecule has 0 aromatic heterocycles. The summed E-state index contributed by atoms with van der Waals surface area (Å²) in [6.45, 7) is 4.77. The van der Waals surface area contributed by atoms with E-state index >= 15 is 0 Å². The molecule has 1 N–H and O–H groups in total. The highest BCUT2D eigenvalue weighted by Crippen LogP contribution is 2.17. The Labute approximate surface area is 80.7 Å². The van der Waals surface area contributed by atoms with E-state index in [-0.39, 0.29) is 0 Å². The van der Waals surface area contributed by atoms with Crippen molar-refractivity contribution < 1.29 is 0 Å². The highest BCUT2D eigenvalue weighted by atomic mass is 32.2. The molecule has 0 spiro atoms. The molecule has 2 heteroatoms. The molecule has 0 amide bonds. The Kier molecular flexibility index (Phi) is 5.88. The first kappa shape index (κ1) is 10.4. The number of piperidine rings is 1. The molecule has 12 heavy (non-hydrogen) atoms. The van der Waals surface area contributed by atoms with Crippen molar-refractivity contribution in [1.82, 2.24) is 5.32 Å². The van der Waals surface area contributed by atoms with Crippen molar-refractivity contribution in [2.45, 2.75) is 32.6 Å². The van der Waals surface area contributed by atoms with E-state index in [1.165, 1.54) is 50.3 Å². The first-order valence-electron chi connectivity index (χ1n) is 5.22. The minimum atomic E-state index is 0.983. The van der Waals surface area contributed by atoms with Crippen molar-refractivity contribution >= 4 is 11.8 Å². The molecule has 1 atom stereocenters. The van der Waals surface area contributed by atoms with Crippen LogP contribution in [0.4, 0.5) is 0 Å². The van der Waals surface area contributed by atoms with Gasteiger partial charge in [-0.1, -0.05) is 6.92 Å². The van der Waals surface area contributed by atoms with Gasteiger partial charge in [-0.3, -0.25) is 0 Å². The largest absolute Gasteiger partial charge is 0.316 e. The molecular formula is C10H21NS. The molecule has 1 saturated heterocycles. The Morgan fingerprint density at radius 2 is 2.42 bits per heavy atom. The van der Waals surface area contributed by atoms with Gasteiger partial charge in [0.05, 0.1) is 0 Å². The Bertz CT molecular complexity index is 100. The smallest absolute Gasteiger partial charge is 0.00205 e. The summed E-state index contributed by atoms with van der Waals surface area (Å²) in [5.74, 6) is 3.63. The average Bonchev–Trinajstić information content (AvgIpc) is 2.14. The highest BCUT2D eigenvalue weighted by Gasteiger charge is 2.11. The minimum absolute atomic E-state index is 0.983. The summed E-state index contributed by atoms with van der Waals surface area (Å²) in [5.41, 5.74) is 0. The predicted octanol–water partition coefficient (Wildman–Crippen LogP) is 2.52. The molecule has 1 fully saturated rings. The summed E-state index contributed by atoms with van der Waals surface area (Å²) in [5, 5.41) is 3.47. The quantitative estimate of drug-likeness (QED) is 0.664. The predicted molar refractivity (Wildman–Crippen MR) is 57.8 cm³/mol. The Morgan fingerprint density at radius 3 is 3.08 bits per heavy atom. The van der Waals surface area contributed by atoms with Gasteiger partial charge in [-0.05, 0) is 56.2 Å². The van der Waals surface area contributed by atoms with Crippen molar-refractivity contribution in [2.24, 2.45) is 5.92 Å². The molecule has 1 rings (SSSR count). The third-order valence-electron chi connectivity index (χ3n) is 2.50. The van der Waals surface area contributed by atoms with E-state index in [0.717, 1.165) is 5.92 Å². The topological polar surface area (TPSA) is 12.0 Å². The van der Waals surface area contributed by atoms with E-state index in [4.69, 9.17) is 0 Å². The molecule has 0 aliphatic carbocycles. The first-order valence-corrected chi connectivity index (χ1v) is 6.37. The second-order valence-electron chi connectivity index (χ2n) is 3.55. The van der Waals surface area contributed by atoms with E-state index in [9.17, 15) is 0 Å². The third-order valence-corrected chi connectivity index (χ3v) is 3.49. The van der Waals surface area contributed by atoms with Crippen LogP contribution < -0.4 is 5.32 Å². The van der Waals surface area contributed by atoms with Crippen LogP contribution in [0.25, 0.3) is 0 Å². The van der Waals surface area contributed by atoms with Crippen LogP contribution in [0.2, 0.25) is 0 Å². The lowest BCUT2D eigenvalue weighted by Crippen LogP contribution is -2.29. The Morgan fingerprint density at radius 1 is 1.50 bits per heavy atom. The molecule has 1 unspecified atom stereocenters. The molecule has 0 bridgehead atoms. The van der Waals surface area contributed by atoms with E-state index < -0.39 is 0 Å². The van der Waals surface area contributed by atoms with Crippen LogP contribution >= 0.6 is 11.8 Å². The summed E-state index contributed by atoms with van der Waals surface area (Å²) < 4.78 is 0. The maximum absolute atomic E-state index is 3.47. The van der Waals surface area contributed by atoms with Crippen molar-refractivity contribution in [3.63, 3.8) is 0 Å². The molecule has 0 aromatic carbocycles. The van der Waals surface area contributed by atoms with Gasteiger partial charge in [0, 0.05) is 0 Å². The summed E-state index contributed by atoms with van der Waals surface area (Å²) in [6, 6.07) is 0. The van der Waals surface area contributed by atoms with Gasteiger partial charge in [0.2, 0.25) is 0 Å². The lowest BCUT2D eigenvalue weighted by molar-refractivity contribution is 0.356. The maximum atomic E-state index is 3.47. The first-order chi connectivity index (χ1) is 5.93. The number of hydrogen-bond donors (Lipinski definition) is 1. The summed E-state index contributed by atoms with van der Waals surface area (Å²) in [6.07, 6.45) is 5.72. The fraction of sp³-hybridized carbons (Fsp3) is 1.00. The molecule has 0 radical (unpaired) electrons. The van der Waals surface area contributed by atoms with Crippen LogP contribution in [0.5, 0.6) is 0 Å². The molecule has 1 aliphatic heterocycles. The van der Waals surface area contributed by atoms with Crippen molar-refractivity contribution in [3.8, 4) is 0 Å². The lowest BCUT2D eigenvalue weighted by atomic mass is 9.95. The van der Waals surface area contributed by atoms with Crippen LogP contribution in [0.3, 0.4) is 0 Å². The summed E-state index contributed by atoms with van der Waals surface area (Å²) in [4.78, 5) is 0. The molecule has 72 valence electrons. The lowest BCUT2D eigenvalue weighted by Gasteiger charge is -2.22. The van der Waals surface area contributed by atoms with E-state index in [1.807, 2.05) is 0 Å². The zero-order valence-electron chi connectivity index (χ0n) is 8.14. The minimum Gasteiger partial charge on any atom is -0.316 e. The zero-order chi connectivity index (χ0) is 8.65. The van der Waals surface area contributed by atoms with Crippen LogP contribution in [-0.4, -0.2) is 24.6 Å². The molecule has 0 saturated carbocycles. The molecule has 1 aliphatic rings. The van der Waals surface area contributed by atoms with Gasteiger partial charge in [0.15, 0.2) is 0 Å². The van der Waals surface area contributed by atoms with Crippen LogP contribution in [0.15, 0.2) is 0 Å². The monoisotopic (exact) mass is 187 g/mol. The second kappa shape index (κ2) is 6.79. The normalized spacial score (nSPS) is 24.2. The number of rotatable bonds is 5. The molecular weight excluding hydrogens is 166 g/mol. The highest BCUT2D eigenvalue weighted by molar-refractivity contribution is 7.99. The average molecular weight is 187 g/mol. The van der Waals surface area contributed by atoms with E-state index in [1.54, 1.807) is 0 Å². The zero-order valence-corrected chi connectivity index (χ0v) is 8.96. The fourth-order valence-electron chi connectivity index (χ4n) is 1.79. The SMILES string of the molecule is CCSCCCC1CCCNC1. The van der Waals surface area contributed by atoms with Crippen LogP contribution in [0, 0.1) is 5.92 Å². The van der Waals surface area contributed by atoms with Gasteiger partial charge in [0.25, 0.3) is 0 Å². The van der Waals surface area contributed by atoms with Gasteiger partial charge in [-0.25, -0.2) is 0 Å². The third kappa shape index (κ3) is 4.36. The summed E-state index contributed by atoms with van der Waals surface area (Å²) in [7, 11) is 0. The molecule has 1 nitrogen and oxygen atoms in total. The van der Waals surface area contributed by atoms with Gasteiger partial charge >= 0.3 is 0 Å². The summed E-state index contributed by atoms with van der Waals surface area (Å²) >= 11 is 2.08. The Balaban J connectivity index is 1.91. The van der Waals surface area contributed by atoms with Gasteiger partial charge in [0.1, 0.15) is 0 Å². The maximum Gasteiger partial charge on any atom is -0.00205 e. The van der Waals surface area contributed by atoms with Crippen molar-refractivity contribution in [1.29, 1.82) is 0 Å². The number of hydrogen-bond acceptors (Lipinski definition) is 2. The van der Waals surface area contributed by atoms with Crippen molar-refractivity contribution in [2.75, 3.05) is 24.6 Å². The molecule has 0 aromatic rings. The van der Waals surface area contributed by atoms with Crippen LogP contribution in [-0.2, 0) is 0 Å².